The van der Waals surface area contributed by atoms with Gasteiger partial charge < -0.3 is 20.1 Å². The number of piperidine rings is 1. The monoisotopic (exact) mass is 442 g/mol. The normalized spacial score (nSPS) is 15.1. The third-order valence-electron chi connectivity index (χ3n) is 4.68. The fourth-order valence-corrected chi connectivity index (χ4v) is 3.11. The number of nitrogens with two attached hydrogens (primary N) is 1. The van der Waals surface area contributed by atoms with Gasteiger partial charge in [-0.1, -0.05) is 6.92 Å². The highest BCUT2D eigenvalue weighted by atomic mass is 19.4. The molecular weight excluding hydrogens is 421 g/mol. The molecule has 0 radical (unpaired) electrons. The molecule has 0 spiro atoms. The second kappa shape index (κ2) is 8.78. The van der Waals surface area contributed by atoms with Crippen LogP contribution in [0.4, 0.5) is 24.9 Å². The van der Waals surface area contributed by atoms with Crippen molar-refractivity contribution < 1.29 is 32.2 Å². The number of alkyl halides is 3. The van der Waals surface area contributed by atoms with E-state index in [9.17, 15) is 22.8 Å². The highest BCUT2D eigenvalue weighted by molar-refractivity contribution is 5.86. The molecule has 1 aliphatic rings. The number of anilines is 2. The molecule has 168 valence electrons. The van der Waals surface area contributed by atoms with Crippen molar-refractivity contribution in [3.8, 4) is 11.8 Å². The number of aromatic nitrogens is 4. The Balaban J connectivity index is 1.84. The van der Waals surface area contributed by atoms with Gasteiger partial charge in [0.1, 0.15) is 17.5 Å². The van der Waals surface area contributed by atoms with Crippen molar-refractivity contribution >= 4 is 24.0 Å². The number of carbonyl (C=O) groups is 2. The van der Waals surface area contributed by atoms with Crippen LogP contribution in [0.25, 0.3) is 0 Å². The number of aryl methyl sites for hydroxylation is 1. The maximum Gasteiger partial charge on any atom is 0.435 e. The lowest BCUT2D eigenvalue weighted by Crippen LogP contribution is -2.39. The molecule has 0 aliphatic carbocycles. The van der Waals surface area contributed by atoms with Gasteiger partial charge in [-0.2, -0.15) is 28.2 Å². The molecule has 2 aromatic heterocycles. The SMILES string of the molecule is CCC(=O)OC1CCN(c2nc(N)nc(Oc3cc(C(F)(F)F)nn3C)c2C=O)CC1. The summed E-state index contributed by atoms with van der Waals surface area (Å²) < 4.78 is 50.4. The Morgan fingerprint density at radius 2 is 2.00 bits per heavy atom. The van der Waals surface area contributed by atoms with Crippen molar-refractivity contribution in [1.82, 2.24) is 19.7 Å². The lowest BCUT2D eigenvalue weighted by Gasteiger charge is -2.33. The smallest absolute Gasteiger partial charge is 0.435 e. The molecule has 10 nitrogen and oxygen atoms in total. The predicted octanol–water partition coefficient (Wildman–Crippen LogP) is 2.34. The minimum atomic E-state index is -4.66. The first-order valence-electron chi connectivity index (χ1n) is 9.48. The first-order chi connectivity index (χ1) is 14.6. The molecule has 0 aromatic carbocycles. The summed E-state index contributed by atoms with van der Waals surface area (Å²) in [5, 5.41) is 3.36. The van der Waals surface area contributed by atoms with E-state index in [1.807, 2.05) is 0 Å². The summed E-state index contributed by atoms with van der Waals surface area (Å²) in [6.07, 6.45) is -3.14. The fraction of sp³-hybridized carbons (Fsp3) is 0.500. The van der Waals surface area contributed by atoms with Crippen molar-refractivity contribution in [2.45, 2.75) is 38.5 Å². The second-order valence-corrected chi connectivity index (χ2v) is 6.86. The van der Waals surface area contributed by atoms with E-state index in [0.717, 1.165) is 4.68 Å². The number of carbonyl (C=O) groups excluding carboxylic acids is 2. The van der Waals surface area contributed by atoms with Crippen LogP contribution in [0.5, 0.6) is 11.8 Å². The van der Waals surface area contributed by atoms with Gasteiger partial charge in [-0.3, -0.25) is 9.59 Å². The van der Waals surface area contributed by atoms with Crippen LogP contribution in [-0.2, 0) is 22.8 Å². The molecule has 1 aliphatic heterocycles. The topological polar surface area (TPSA) is 125 Å². The van der Waals surface area contributed by atoms with E-state index < -0.39 is 11.9 Å². The molecule has 13 heteroatoms. The van der Waals surface area contributed by atoms with E-state index in [2.05, 4.69) is 15.1 Å². The third kappa shape index (κ3) is 5.03. The van der Waals surface area contributed by atoms with E-state index in [0.29, 0.717) is 38.3 Å². The number of nitrogen functional groups attached to an aromatic ring is 1. The van der Waals surface area contributed by atoms with Crippen LogP contribution in [0.1, 0.15) is 42.2 Å². The third-order valence-corrected chi connectivity index (χ3v) is 4.68. The molecule has 1 saturated heterocycles. The zero-order valence-electron chi connectivity index (χ0n) is 16.8. The zero-order chi connectivity index (χ0) is 22.8. The number of hydrogen-bond acceptors (Lipinski definition) is 9. The summed E-state index contributed by atoms with van der Waals surface area (Å²) in [4.78, 5) is 33.0. The van der Waals surface area contributed by atoms with E-state index in [-0.39, 0.29) is 47.6 Å². The van der Waals surface area contributed by atoms with E-state index in [4.69, 9.17) is 15.2 Å². The second-order valence-electron chi connectivity index (χ2n) is 6.86. The number of aldehydes is 1. The highest BCUT2D eigenvalue weighted by Crippen LogP contribution is 2.34. The maximum absolute atomic E-state index is 12.9. The first-order valence-corrected chi connectivity index (χ1v) is 9.48. The van der Waals surface area contributed by atoms with Crippen molar-refractivity contribution in [2.75, 3.05) is 23.7 Å². The van der Waals surface area contributed by atoms with E-state index in [1.54, 1.807) is 11.8 Å². The molecule has 2 aromatic rings. The number of halogens is 3. The predicted molar refractivity (Wildman–Crippen MR) is 102 cm³/mol. The Bertz CT molecular complexity index is 970. The van der Waals surface area contributed by atoms with Gasteiger partial charge in [-0.15, -0.1) is 0 Å². The molecule has 2 N–H and O–H groups in total. The molecule has 0 bridgehead atoms. The summed E-state index contributed by atoms with van der Waals surface area (Å²) in [7, 11) is 1.26. The average Bonchev–Trinajstić information content (AvgIpc) is 3.09. The summed E-state index contributed by atoms with van der Waals surface area (Å²) in [5.41, 5.74) is 4.54. The van der Waals surface area contributed by atoms with Crippen LogP contribution in [0.15, 0.2) is 6.07 Å². The minimum Gasteiger partial charge on any atom is -0.462 e. The number of rotatable bonds is 6. The van der Waals surface area contributed by atoms with Crippen LogP contribution in [0.2, 0.25) is 0 Å². The molecular formula is C18H21F3N6O4. The van der Waals surface area contributed by atoms with Crippen molar-refractivity contribution in [2.24, 2.45) is 7.05 Å². The lowest BCUT2D eigenvalue weighted by atomic mass is 10.1. The fourth-order valence-electron chi connectivity index (χ4n) is 3.11. The summed E-state index contributed by atoms with van der Waals surface area (Å²) in [6, 6.07) is 0.695. The Labute approximate surface area is 175 Å². The molecule has 0 saturated carbocycles. The Kier molecular flexibility index (Phi) is 6.32. The molecule has 3 heterocycles. The van der Waals surface area contributed by atoms with Crippen molar-refractivity contribution in [3.63, 3.8) is 0 Å². The number of nitrogens with zero attached hydrogens (tertiary/aromatic N) is 5. The largest absolute Gasteiger partial charge is 0.462 e. The van der Waals surface area contributed by atoms with Crippen molar-refractivity contribution in [1.29, 1.82) is 0 Å². The van der Waals surface area contributed by atoms with Crippen LogP contribution in [0, 0.1) is 0 Å². The molecule has 0 amide bonds. The number of ether oxygens (including phenoxy) is 2. The minimum absolute atomic E-state index is 0.0621. The van der Waals surface area contributed by atoms with Gasteiger partial charge in [0.05, 0.1) is 0 Å². The van der Waals surface area contributed by atoms with Crippen LogP contribution in [-0.4, -0.2) is 51.2 Å². The molecule has 1 fully saturated rings. The van der Waals surface area contributed by atoms with Gasteiger partial charge in [0.25, 0.3) is 0 Å². The van der Waals surface area contributed by atoms with Gasteiger partial charge in [-0.25, -0.2) is 4.68 Å². The molecule has 3 rings (SSSR count). The standard InChI is InChI=1S/C18H21F3N6O4/c1-3-14(29)30-10-4-6-27(7-5-10)15-11(9-28)16(24-17(22)23-15)31-13-8-12(18(19,20)21)25-26(13)2/h8-10H,3-7H2,1-2H3,(H2,22,23,24). The Hall–Kier alpha value is -3.38. The van der Waals surface area contributed by atoms with Crippen LogP contribution >= 0.6 is 0 Å². The Morgan fingerprint density at radius 1 is 1.32 bits per heavy atom. The number of hydrogen-bond donors (Lipinski definition) is 1. The van der Waals surface area contributed by atoms with Gasteiger partial charge in [-0.05, 0) is 0 Å². The summed E-state index contributed by atoms with van der Waals surface area (Å²) in [5.74, 6) is -0.869. The van der Waals surface area contributed by atoms with E-state index in [1.165, 1.54) is 7.05 Å². The van der Waals surface area contributed by atoms with Gasteiger partial charge in [0.15, 0.2) is 12.0 Å². The maximum atomic E-state index is 12.9. The van der Waals surface area contributed by atoms with Gasteiger partial charge >= 0.3 is 12.1 Å². The van der Waals surface area contributed by atoms with Gasteiger partial charge in [0.2, 0.25) is 17.7 Å². The Morgan fingerprint density at radius 3 is 2.55 bits per heavy atom. The average molecular weight is 442 g/mol. The highest BCUT2D eigenvalue weighted by Gasteiger charge is 2.35. The summed E-state index contributed by atoms with van der Waals surface area (Å²) in [6.45, 7) is 2.55. The first kappa shape index (κ1) is 22.3. The van der Waals surface area contributed by atoms with Crippen LogP contribution in [0.3, 0.4) is 0 Å². The lowest BCUT2D eigenvalue weighted by molar-refractivity contribution is -0.149. The number of esters is 1. The van der Waals surface area contributed by atoms with Crippen molar-refractivity contribution in [3.05, 3.63) is 17.3 Å². The molecule has 31 heavy (non-hydrogen) atoms. The van der Waals surface area contributed by atoms with Crippen LogP contribution < -0.4 is 15.4 Å². The molecule has 0 unspecified atom stereocenters. The summed E-state index contributed by atoms with van der Waals surface area (Å²) >= 11 is 0. The van der Waals surface area contributed by atoms with Gasteiger partial charge in [0, 0.05) is 45.5 Å². The molecule has 0 atom stereocenters. The van der Waals surface area contributed by atoms with E-state index >= 15 is 0 Å². The zero-order valence-corrected chi connectivity index (χ0v) is 16.8. The quantitative estimate of drug-likeness (QED) is 0.530.